The monoisotopic (exact) mass is 191 g/mol. The van der Waals surface area contributed by atoms with Crippen LogP contribution in [0.4, 0.5) is 0 Å². The molecule has 0 bridgehead atoms. The number of hydrogen-bond donors (Lipinski definition) is 1. The zero-order chi connectivity index (χ0) is 10.6. The van der Waals surface area contributed by atoms with Crippen LogP contribution in [-0.4, -0.2) is 16.8 Å². The van der Waals surface area contributed by atoms with Gasteiger partial charge in [-0.3, -0.25) is 4.68 Å². The summed E-state index contributed by atoms with van der Waals surface area (Å²) in [5.74, 6) is 6.00. The lowest BCUT2D eigenvalue weighted by molar-refractivity contribution is 0.607. The molecule has 0 amide bonds. The highest BCUT2D eigenvalue weighted by Crippen LogP contribution is 2.18. The number of rotatable bonds is 3. The largest absolute Gasteiger partial charge is 0.312 e. The topological polar surface area (TPSA) is 29.9 Å². The molecule has 3 nitrogen and oxygen atoms in total. The van der Waals surface area contributed by atoms with E-state index in [1.54, 1.807) is 0 Å². The lowest BCUT2D eigenvalue weighted by atomic mass is 10.1. The summed E-state index contributed by atoms with van der Waals surface area (Å²) in [6, 6.07) is 0.288. The Kier molecular flexibility index (Phi) is 3.73. The molecule has 0 radical (unpaired) electrons. The fourth-order valence-electron chi connectivity index (χ4n) is 1.53. The fraction of sp³-hybridized carbons (Fsp3) is 0.545. The molecule has 1 N–H and O–H groups in total. The van der Waals surface area contributed by atoms with Crippen molar-refractivity contribution in [1.82, 2.24) is 15.1 Å². The molecule has 0 fully saturated rings. The minimum absolute atomic E-state index is 0.288. The molecule has 0 spiro atoms. The van der Waals surface area contributed by atoms with E-state index >= 15 is 0 Å². The molecular weight excluding hydrogens is 174 g/mol. The Morgan fingerprint density at radius 1 is 1.64 bits per heavy atom. The molecule has 0 saturated carbocycles. The van der Waals surface area contributed by atoms with Gasteiger partial charge in [0.2, 0.25) is 0 Å². The maximum Gasteiger partial charge on any atom is 0.0641 e. The van der Waals surface area contributed by atoms with E-state index < -0.39 is 0 Å². The first-order valence-corrected chi connectivity index (χ1v) is 4.76. The molecule has 0 aliphatic rings. The standard InChI is InChI=1S/C11H17N3/c1-5-6-7-11(12-3)10-8-14(4)13-9(10)2/h8,11-12H,7H2,1-4H3. The van der Waals surface area contributed by atoms with Crippen molar-refractivity contribution in [3.8, 4) is 11.8 Å². The average Bonchev–Trinajstić information content (AvgIpc) is 2.47. The second-order valence-electron chi connectivity index (χ2n) is 3.32. The van der Waals surface area contributed by atoms with E-state index in [9.17, 15) is 0 Å². The van der Waals surface area contributed by atoms with E-state index in [0.717, 1.165) is 12.1 Å². The second-order valence-corrected chi connectivity index (χ2v) is 3.32. The van der Waals surface area contributed by atoms with E-state index in [0.29, 0.717) is 0 Å². The molecule has 1 atom stereocenters. The molecule has 1 aromatic rings. The molecular formula is C11H17N3. The van der Waals surface area contributed by atoms with Crippen LogP contribution in [0.2, 0.25) is 0 Å². The Balaban J connectivity index is 2.86. The van der Waals surface area contributed by atoms with Gasteiger partial charge in [0.15, 0.2) is 0 Å². The average molecular weight is 191 g/mol. The summed E-state index contributed by atoms with van der Waals surface area (Å²) in [6.07, 6.45) is 2.88. The summed E-state index contributed by atoms with van der Waals surface area (Å²) in [4.78, 5) is 0. The summed E-state index contributed by atoms with van der Waals surface area (Å²) < 4.78 is 1.84. The second kappa shape index (κ2) is 4.83. The van der Waals surface area contributed by atoms with E-state index in [-0.39, 0.29) is 6.04 Å². The molecule has 0 saturated heterocycles. The third kappa shape index (κ3) is 2.36. The van der Waals surface area contributed by atoms with E-state index in [1.807, 2.05) is 38.8 Å². The summed E-state index contributed by atoms with van der Waals surface area (Å²) in [5.41, 5.74) is 2.31. The van der Waals surface area contributed by atoms with E-state index in [4.69, 9.17) is 0 Å². The highest BCUT2D eigenvalue weighted by molar-refractivity contribution is 5.21. The van der Waals surface area contributed by atoms with Gasteiger partial charge in [-0.2, -0.15) is 5.10 Å². The lowest BCUT2D eigenvalue weighted by Crippen LogP contribution is -2.16. The number of hydrogen-bond acceptors (Lipinski definition) is 2. The van der Waals surface area contributed by atoms with Gasteiger partial charge in [0.25, 0.3) is 0 Å². The van der Waals surface area contributed by atoms with Gasteiger partial charge in [-0.1, -0.05) is 0 Å². The number of nitrogens with one attached hydrogen (secondary N) is 1. The van der Waals surface area contributed by atoms with Crippen molar-refractivity contribution in [2.24, 2.45) is 7.05 Å². The predicted octanol–water partition coefficient (Wildman–Crippen LogP) is 1.40. The van der Waals surface area contributed by atoms with Gasteiger partial charge in [-0.15, -0.1) is 11.8 Å². The molecule has 1 heterocycles. The maximum absolute atomic E-state index is 4.32. The highest BCUT2D eigenvalue weighted by Gasteiger charge is 2.12. The molecule has 0 aliphatic carbocycles. The third-order valence-corrected chi connectivity index (χ3v) is 2.26. The smallest absolute Gasteiger partial charge is 0.0641 e. The Labute approximate surface area is 85.5 Å². The maximum atomic E-state index is 4.32. The van der Waals surface area contributed by atoms with Crippen LogP contribution in [0.15, 0.2) is 6.20 Å². The molecule has 0 aromatic carbocycles. The van der Waals surface area contributed by atoms with Crippen LogP contribution in [0.1, 0.15) is 30.6 Å². The van der Waals surface area contributed by atoms with Gasteiger partial charge in [0.1, 0.15) is 0 Å². The van der Waals surface area contributed by atoms with Gasteiger partial charge in [0.05, 0.1) is 5.69 Å². The summed E-state index contributed by atoms with van der Waals surface area (Å²) in [6.45, 7) is 3.89. The van der Waals surface area contributed by atoms with Crippen LogP contribution in [-0.2, 0) is 7.05 Å². The third-order valence-electron chi connectivity index (χ3n) is 2.26. The first kappa shape index (κ1) is 10.8. The van der Waals surface area contributed by atoms with Crippen molar-refractivity contribution < 1.29 is 0 Å². The Hall–Kier alpha value is -1.27. The van der Waals surface area contributed by atoms with Crippen molar-refractivity contribution >= 4 is 0 Å². The fourth-order valence-corrected chi connectivity index (χ4v) is 1.53. The van der Waals surface area contributed by atoms with E-state index in [2.05, 4.69) is 22.3 Å². The molecule has 1 unspecified atom stereocenters. The van der Waals surface area contributed by atoms with Crippen LogP contribution in [0.25, 0.3) is 0 Å². The minimum atomic E-state index is 0.288. The minimum Gasteiger partial charge on any atom is -0.312 e. The van der Waals surface area contributed by atoms with Gasteiger partial charge < -0.3 is 5.32 Å². The Bertz CT molecular complexity index is 354. The van der Waals surface area contributed by atoms with Gasteiger partial charge in [0, 0.05) is 31.3 Å². The van der Waals surface area contributed by atoms with Crippen LogP contribution < -0.4 is 5.32 Å². The van der Waals surface area contributed by atoms with Crippen molar-refractivity contribution in [3.05, 3.63) is 17.5 Å². The van der Waals surface area contributed by atoms with Crippen LogP contribution >= 0.6 is 0 Å². The Morgan fingerprint density at radius 2 is 2.36 bits per heavy atom. The molecule has 1 aromatic heterocycles. The van der Waals surface area contributed by atoms with Crippen LogP contribution in [0.3, 0.4) is 0 Å². The normalized spacial score (nSPS) is 12.0. The van der Waals surface area contributed by atoms with Crippen molar-refractivity contribution in [3.63, 3.8) is 0 Å². The molecule has 0 aliphatic heterocycles. The molecule has 1 rings (SSSR count). The van der Waals surface area contributed by atoms with E-state index in [1.165, 1.54) is 5.56 Å². The number of aryl methyl sites for hydroxylation is 2. The molecule has 76 valence electrons. The number of aromatic nitrogens is 2. The first-order valence-electron chi connectivity index (χ1n) is 4.76. The van der Waals surface area contributed by atoms with Gasteiger partial charge in [-0.05, 0) is 20.9 Å². The van der Waals surface area contributed by atoms with Gasteiger partial charge >= 0.3 is 0 Å². The van der Waals surface area contributed by atoms with Crippen LogP contribution in [0, 0.1) is 18.8 Å². The van der Waals surface area contributed by atoms with Crippen molar-refractivity contribution in [2.75, 3.05) is 7.05 Å². The lowest BCUT2D eigenvalue weighted by Gasteiger charge is -2.11. The predicted molar refractivity (Wildman–Crippen MR) is 57.8 cm³/mol. The SMILES string of the molecule is CC#CCC(NC)c1cn(C)nc1C. The zero-order valence-electron chi connectivity index (χ0n) is 9.26. The highest BCUT2D eigenvalue weighted by atomic mass is 15.3. The zero-order valence-corrected chi connectivity index (χ0v) is 9.26. The Morgan fingerprint density at radius 3 is 2.79 bits per heavy atom. The molecule has 3 heteroatoms. The molecule has 14 heavy (non-hydrogen) atoms. The van der Waals surface area contributed by atoms with Crippen LogP contribution in [0.5, 0.6) is 0 Å². The quantitative estimate of drug-likeness (QED) is 0.732. The van der Waals surface area contributed by atoms with Crippen molar-refractivity contribution in [2.45, 2.75) is 26.3 Å². The van der Waals surface area contributed by atoms with Crippen molar-refractivity contribution in [1.29, 1.82) is 0 Å². The number of nitrogens with zero attached hydrogens (tertiary/aromatic N) is 2. The van der Waals surface area contributed by atoms with Gasteiger partial charge in [-0.25, -0.2) is 0 Å². The summed E-state index contributed by atoms with van der Waals surface area (Å²) >= 11 is 0. The summed E-state index contributed by atoms with van der Waals surface area (Å²) in [7, 11) is 3.89. The summed E-state index contributed by atoms with van der Waals surface area (Å²) in [5, 5.41) is 7.57. The first-order chi connectivity index (χ1) is 6.69.